The number of aliphatic hydroxyl groups is 1. The average molecular weight is 364 g/mol. The predicted molar refractivity (Wildman–Crippen MR) is 95.6 cm³/mol. The zero-order valence-electron chi connectivity index (χ0n) is 14.2. The second kappa shape index (κ2) is 7.56. The number of Topliss-reactive ketones (excluding diaryl/α,β-unsaturated/α-hetero) is 1. The zero-order chi connectivity index (χ0) is 18.0. The van der Waals surface area contributed by atoms with Crippen LogP contribution in [0.25, 0.3) is 0 Å². The lowest BCUT2D eigenvalue weighted by molar-refractivity contribution is -0.129. The highest BCUT2D eigenvalue weighted by molar-refractivity contribution is 6.31. The second-order valence-corrected chi connectivity index (χ2v) is 6.74. The van der Waals surface area contributed by atoms with Crippen LogP contribution in [0.15, 0.2) is 35.6 Å². The van der Waals surface area contributed by atoms with E-state index in [0.29, 0.717) is 23.7 Å². The van der Waals surface area contributed by atoms with Crippen LogP contribution in [0.2, 0.25) is 5.02 Å². The molecule has 2 aliphatic heterocycles. The van der Waals surface area contributed by atoms with E-state index in [2.05, 4.69) is 10.2 Å². The summed E-state index contributed by atoms with van der Waals surface area (Å²) >= 11 is 6.31. The van der Waals surface area contributed by atoms with Gasteiger partial charge in [-0.3, -0.25) is 14.5 Å². The van der Waals surface area contributed by atoms with Gasteiger partial charge in [-0.15, -0.1) is 0 Å². The minimum absolute atomic E-state index is 0.124. The molecule has 0 aromatic heterocycles. The van der Waals surface area contributed by atoms with Crippen molar-refractivity contribution in [3.05, 3.63) is 46.2 Å². The van der Waals surface area contributed by atoms with E-state index < -0.39 is 17.7 Å². The molecule has 1 aromatic carbocycles. The highest BCUT2D eigenvalue weighted by Crippen LogP contribution is 2.40. The molecule has 1 amide bonds. The molecule has 2 heterocycles. The SMILES string of the molecule is CC(=O)C1=C(O)C(=O)N(CCN2CCNCC2)[C@H]1c1ccccc1Cl. The number of hydrogen-bond donors (Lipinski definition) is 2. The Morgan fingerprint density at radius 3 is 2.60 bits per heavy atom. The van der Waals surface area contributed by atoms with E-state index in [-0.39, 0.29) is 11.4 Å². The first-order valence-electron chi connectivity index (χ1n) is 8.43. The summed E-state index contributed by atoms with van der Waals surface area (Å²) in [6.07, 6.45) is 0. The van der Waals surface area contributed by atoms with E-state index in [9.17, 15) is 14.7 Å². The van der Waals surface area contributed by atoms with Crippen LogP contribution < -0.4 is 5.32 Å². The molecule has 3 rings (SSSR count). The summed E-state index contributed by atoms with van der Waals surface area (Å²) in [5.41, 5.74) is 0.783. The Kier molecular flexibility index (Phi) is 5.42. The summed E-state index contributed by atoms with van der Waals surface area (Å²) in [5, 5.41) is 14.0. The van der Waals surface area contributed by atoms with Gasteiger partial charge in [0.2, 0.25) is 0 Å². The third-order valence-corrected chi connectivity index (χ3v) is 5.09. The van der Waals surface area contributed by atoms with E-state index >= 15 is 0 Å². The van der Waals surface area contributed by atoms with Crippen LogP contribution in [-0.2, 0) is 9.59 Å². The summed E-state index contributed by atoms with van der Waals surface area (Å²) < 4.78 is 0. The molecule has 1 aromatic rings. The van der Waals surface area contributed by atoms with Gasteiger partial charge in [0.15, 0.2) is 11.5 Å². The first kappa shape index (κ1) is 17.9. The number of carbonyl (C=O) groups is 2. The number of halogens is 1. The van der Waals surface area contributed by atoms with Crippen LogP contribution in [-0.4, -0.2) is 65.9 Å². The lowest BCUT2D eigenvalue weighted by Gasteiger charge is -2.32. The highest BCUT2D eigenvalue weighted by Gasteiger charge is 2.42. The minimum atomic E-state index is -0.637. The summed E-state index contributed by atoms with van der Waals surface area (Å²) in [5.74, 6) is -1.29. The fourth-order valence-corrected chi connectivity index (χ4v) is 3.69. The van der Waals surface area contributed by atoms with E-state index in [4.69, 9.17) is 11.6 Å². The number of amides is 1. The quantitative estimate of drug-likeness (QED) is 0.830. The molecule has 1 saturated heterocycles. The molecule has 1 fully saturated rings. The van der Waals surface area contributed by atoms with Gasteiger partial charge in [-0.1, -0.05) is 29.8 Å². The molecule has 134 valence electrons. The number of benzene rings is 1. The molecule has 2 N–H and O–H groups in total. The fraction of sp³-hybridized carbons (Fsp3) is 0.444. The third-order valence-electron chi connectivity index (χ3n) is 4.75. The number of piperazine rings is 1. The maximum absolute atomic E-state index is 12.6. The van der Waals surface area contributed by atoms with Crippen molar-refractivity contribution in [1.82, 2.24) is 15.1 Å². The summed E-state index contributed by atoms with van der Waals surface area (Å²) in [6, 6.07) is 6.49. The predicted octanol–water partition coefficient (Wildman–Crippen LogP) is 1.53. The van der Waals surface area contributed by atoms with Crippen LogP contribution in [0, 0.1) is 0 Å². The molecule has 6 nitrogen and oxygen atoms in total. The molecule has 0 bridgehead atoms. The summed E-state index contributed by atoms with van der Waals surface area (Å²) in [7, 11) is 0. The van der Waals surface area contributed by atoms with Crippen LogP contribution in [0.1, 0.15) is 18.5 Å². The van der Waals surface area contributed by atoms with Crippen LogP contribution in [0.5, 0.6) is 0 Å². The van der Waals surface area contributed by atoms with Gasteiger partial charge >= 0.3 is 0 Å². The number of nitrogens with zero attached hydrogens (tertiary/aromatic N) is 2. The van der Waals surface area contributed by atoms with Crippen molar-refractivity contribution in [3.8, 4) is 0 Å². The first-order chi connectivity index (χ1) is 12.0. The smallest absolute Gasteiger partial charge is 0.290 e. The Morgan fingerprint density at radius 1 is 1.28 bits per heavy atom. The topological polar surface area (TPSA) is 72.9 Å². The number of rotatable bonds is 5. The van der Waals surface area contributed by atoms with Gasteiger partial charge in [-0.2, -0.15) is 0 Å². The molecule has 25 heavy (non-hydrogen) atoms. The van der Waals surface area contributed by atoms with Gasteiger partial charge < -0.3 is 15.3 Å². The monoisotopic (exact) mass is 363 g/mol. The fourth-order valence-electron chi connectivity index (χ4n) is 3.45. The molecule has 2 aliphatic rings. The van der Waals surface area contributed by atoms with Crippen molar-refractivity contribution in [2.75, 3.05) is 39.3 Å². The number of ketones is 1. The molecule has 1 atom stereocenters. The molecule has 0 saturated carbocycles. The Bertz CT molecular complexity index is 713. The van der Waals surface area contributed by atoms with Crippen molar-refractivity contribution >= 4 is 23.3 Å². The molecule has 0 unspecified atom stereocenters. The first-order valence-corrected chi connectivity index (χ1v) is 8.81. The van der Waals surface area contributed by atoms with Crippen molar-refractivity contribution < 1.29 is 14.7 Å². The maximum Gasteiger partial charge on any atom is 0.290 e. The van der Waals surface area contributed by atoms with Gasteiger partial charge in [0, 0.05) is 44.3 Å². The van der Waals surface area contributed by atoms with E-state index in [1.165, 1.54) is 6.92 Å². The molecule has 7 heteroatoms. The second-order valence-electron chi connectivity index (χ2n) is 6.33. The van der Waals surface area contributed by atoms with Crippen molar-refractivity contribution in [2.24, 2.45) is 0 Å². The lowest BCUT2D eigenvalue weighted by atomic mass is 9.96. The van der Waals surface area contributed by atoms with Crippen LogP contribution in [0.4, 0.5) is 0 Å². The van der Waals surface area contributed by atoms with Gasteiger partial charge in [0.05, 0.1) is 11.6 Å². The zero-order valence-corrected chi connectivity index (χ0v) is 14.9. The molecule has 0 spiro atoms. The molecular formula is C18H22ClN3O3. The Morgan fingerprint density at radius 2 is 1.96 bits per heavy atom. The van der Waals surface area contributed by atoms with Crippen LogP contribution >= 0.6 is 11.6 Å². The van der Waals surface area contributed by atoms with Gasteiger partial charge in [0.25, 0.3) is 5.91 Å². The van der Waals surface area contributed by atoms with Gasteiger partial charge in [0.1, 0.15) is 0 Å². The summed E-state index contributed by atoms with van der Waals surface area (Å²) in [4.78, 5) is 28.5. The normalized spacial score (nSPS) is 21.9. The van der Waals surface area contributed by atoms with Crippen LogP contribution in [0.3, 0.4) is 0 Å². The van der Waals surface area contributed by atoms with Gasteiger partial charge in [-0.25, -0.2) is 0 Å². The van der Waals surface area contributed by atoms with Crippen molar-refractivity contribution in [3.63, 3.8) is 0 Å². The molecule has 0 aliphatic carbocycles. The largest absolute Gasteiger partial charge is 0.503 e. The Balaban J connectivity index is 1.88. The third kappa shape index (κ3) is 3.56. The van der Waals surface area contributed by atoms with E-state index in [0.717, 1.165) is 26.2 Å². The van der Waals surface area contributed by atoms with E-state index in [1.807, 2.05) is 6.07 Å². The Labute approximate surface area is 152 Å². The summed E-state index contributed by atoms with van der Waals surface area (Å²) in [6.45, 7) is 6.15. The van der Waals surface area contributed by atoms with E-state index in [1.54, 1.807) is 23.1 Å². The van der Waals surface area contributed by atoms with Gasteiger partial charge in [-0.05, 0) is 18.6 Å². The minimum Gasteiger partial charge on any atom is -0.503 e. The number of hydrogen-bond acceptors (Lipinski definition) is 5. The lowest BCUT2D eigenvalue weighted by Crippen LogP contribution is -2.47. The Hall–Kier alpha value is -1.89. The number of aliphatic hydroxyl groups excluding tert-OH is 1. The van der Waals surface area contributed by atoms with Crippen molar-refractivity contribution in [1.29, 1.82) is 0 Å². The average Bonchev–Trinajstić information content (AvgIpc) is 2.85. The highest BCUT2D eigenvalue weighted by atomic mass is 35.5. The molecular weight excluding hydrogens is 342 g/mol. The van der Waals surface area contributed by atoms with Crippen molar-refractivity contribution in [2.45, 2.75) is 13.0 Å². The number of carbonyl (C=O) groups excluding carboxylic acids is 2. The number of nitrogens with one attached hydrogen (secondary N) is 1. The standard InChI is InChI=1S/C18H22ClN3O3/c1-12(23)15-16(13-4-2-3-5-14(13)19)22(18(25)17(15)24)11-10-21-8-6-20-7-9-21/h2-5,16,20,24H,6-11H2,1H3/t16-/m0/s1. The molecule has 0 radical (unpaired) electrons. The maximum atomic E-state index is 12.6.